The lowest BCUT2D eigenvalue weighted by Gasteiger charge is -2.16. The van der Waals surface area contributed by atoms with Crippen molar-refractivity contribution in [1.82, 2.24) is 9.55 Å². The number of imidazole rings is 1. The molecule has 17 heavy (non-hydrogen) atoms. The van der Waals surface area contributed by atoms with E-state index in [2.05, 4.69) is 16.5 Å². The van der Waals surface area contributed by atoms with Gasteiger partial charge < -0.3 is 14.7 Å². The molecule has 0 fully saturated rings. The first kappa shape index (κ1) is 11.9. The van der Waals surface area contributed by atoms with Gasteiger partial charge >= 0.3 is 0 Å². The van der Waals surface area contributed by atoms with Crippen molar-refractivity contribution in [2.75, 3.05) is 6.54 Å². The quantitative estimate of drug-likeness (QED) is 0.862. The Hall–Kier alpha value is -1.55. The number of aryl methyl sites for hydroxylation is 2. The maximum absolute atomic E-state index is 5.86. The average Bonchev–Trinajstić information content (AvgIpc) is 2.91. The highest BCUT2D eigenvalue weighted by Gasteiger charge is 2.17. The van der Waals surface area contributed by atoms with E-state index in [4.69, 9.17) is 10.2 Å². The molecular weight excluding hydrogens is 214 g/mol. The van der Waals surface area contributed by atoms with Gasteiger partial charge in [0.1, 0.15) is 23.4 Å². The Labute approximate surface area is 101 Å². The summed E-state index contributed by atoms with van der Waals surface area (Å²) in [6, 6.07) is 4.00. The Kier molecular flexibility index (Phi) is 3.64. The average molecular weight is 233 g/mol. The van der Waals surface area contributed by atoms with Crippen molar-refractivity contribution in [1.29, 1.82) is 0 Å². The molecule has 0 spiro atoms. The van der Waals surface area contributed by atoms with Crippen LogP contribution in [0.5, 0.6) is 0 Å². The summed E-state index contributed by atoms with van der Waals surface area (Å²) in [5.74, 6) is 2.88. The summed E-state index contributed by atoms with van der Waals surface area (Å²) in [5, 5.41) is 0. The van der Waals surface area contributed by atoms with Gasteiger partial charge in [-0.3, -0.25) is 0 Å². The lowest BCUT2D eigenvalue weighted by molar-refractivity contribution is 0.410. The first-order valence-electron chi connectivity index (χ1n) is 6.04. The van der Waals surface area contributed by atoms with Gasteiger partial charge in [0.25, 0.3) is 0 Å². The SMILES string of the molecule is CCCc1nccn1C(CN)c1ccc(C)o1. The smallest absolute Gasteiger partial charge is 0.128 e. The summed E-state index contributed by atoms with van der Waals surface area (Å²) in [4.78, 5) is 4.37. The van der Waals surface area contributed by atoms with E-state index in [1.54, 1.807) is 0 Å². The van der Waals surface area contributed by atoms with Crippen LogP contribution in [0.3, 0.4) is 0 Å². The first-order chi connectivity index (χ1) is 8.26. The van der Waals surface area contributed by atoms with Crippen LogP contribution in [0.4, 0.5) is 0 Å². The maximum atomic E-state index is 5.86. The number of hydrogen-bond donors (Lipinski definition) is 1. The van der Waals surface area contributed by atoms with Crippen LogP contribution in [-0.2, 0) is 6.42 Å². The van der Waals surface area contributed by atoms with E-state index < -0.39 is 0 Å². The van der Waals surface area contributed by atoms with Gasteiger partial charge in [0.15, 0.2) is 0 Å². The monoisotopic (exact) mass is 233 g/mol. The molecule has 0 aliphatic heterocycles. The number of aromatic nitrogens is 2. The molecule has 4 nitrogen and oxygen atoms in total. The van der Waals surface area contributed by atoms with Crippen LogP contribution >= 0.6 is 0 Å². The van der Waals surface area contributed by atoms with Gasteiger partial charge in [0.05, 0.1) is 0 Å². The minimum absolute atomic E-state index is 0.0488. The molecule has 0 bridgehead atoms. The Bertz CT molecular complexity index is 472. The predicted molar refractivity (Wildman–Crippen MR) is 66.9 cm³/mol. The summed E-state index contributed by atoms with van der Waals surface area (Å²) in [7, 11) is 0. The van der Waals surface area contributed by atoms with Crippen LogP contribution in [-0.4, -0.2) is 16.1 Å². The Morgan fingerprint density at radius 2 is 2.29 bits per heavy atom. The molecule has 92 valence electrons. The van der Waals surface area contributed by atoms with Crippen LogP contribution in [0.1, 0.15) is 36.7 Å². The van der Waals surface area contributed by atoms with Crippen LogP contribution in [0.25, 0.3) is 0 Å². The normalized spacial score (nSPS) is 12.9. The second-order valence-corrected chi connectivity index (χ2v) is 4.20. The molecule has 0 aliphatic rings. The highest BCUT2D eigenvalue weighted by atomic mass is 16.3. The summed E-state index contributed by atoms with van der Waals surface area (Å²) in [6.07, 6.45) is 5.83. The van der Waals surface area contributed by atoms with E-state index in [-0.39, 0.29) is 6.04 Å². The van der Waals surface area contributed by atoms with E-state index in [0.29, 0.717) is 6.54 Å². The zero-order valence-corrected chi connectivity index (χ0v) is 10.4. The summed E-state index contributed by atoms with van der Waals surface area (Å²) >= 11 is 0. The third-order valence-electron chi connectivity index (χ3n) is 2.87. The number of nitrogens with zero attached hydrogens (tertiary/aromatic N) is 2. The third-order valence-corrected chi connectivity index (χ3v) is 2.87. The van der Waals surface area contributed by atoms with Gasteiger partial charge in [-0.15, -0.1) is 0 Å². The van der Waals surface area contributed by atoms with Gasteiger partial charge in [-0.1, -0.05) is 6.92 Å². The molecule has 0 aliphatic carbocycles. The topological polar surface area (TPSA) is 57.0 Å². The number of nitrogens with two attached hydrogens (primary N) is 1. The molecule has 2 N–H and O–H groups in total. The zero-order chi connectivity index (χ0) is 12.3. The van der Waals surface area contributed by atoms with Gasteiger partial charge in [0, 0.05) is 25.4 Å². The molecule has 2 rings (SSSR count). The van der Waals surface area contributed by atoms with Crippen molar-refractivity contribution < 1.29 is 4.42 Å². The minimum atomic E-state index is 0.0488. The zero-order valence-electron chi connectivity index (χ0n) is 10.4. The predicted octanol–water partition coefficient (Wildman–Crippen LogP) is 2.29. The molecule has 2 heterocycles. The molecule has 2 aromatic heterocycles. The largest absolute Gasteiger partial charge is 0.464 e. The summed E-state index contributed by atoms with van der Waals surface area (Å²) in [6.45, 7) is 4.60. The van der Waals surface area contributed by atoms with Crippen molar-refractivity contribution in [3.05, 3.63) is 41.9 Å². The van der Waals surface area contributed by atoms with E-state index >= 15 is 0 Å². The van der Waals surface area contributed by atoms with Crippen molar-refractivity contribution in [2.24, 2.45) is 5.73 Å². The number of hydrogen-bond acceptors (Lipinski definition) is 3. The fraction of sp³-hybridized carbons (Fsp3) is 0.462. The van der Waals surface area contributed by atoms with E-state index in [0.717, 1.165) is 30.2 Å². The molecule has 0 saturated heterocycles. The molecular formula is C13H19N3O. The Balaban J connectivity index is 2.31. The molecule has 1 atom stereocenters. The van der Waals surface area contributed by atoms with Crippen LogP contribution < -0.4 is 5.73 Å². The lowest BCUT2D eigenvalue weighted by atomic mass is 10.2. The van der Waals surface area contributed by atoms with Crippen molar-refractivity contribution in [2.45, 2.75) is 32.7 Å². The van der Waals surface area contributed by atoms with Crippen molar-refractivity contribution in [3.8, 4) is 0 Å². The van der Waals surface area contributed by atoms with Crippen molar-refractivity contribution >= 4 is 0 Å². The van der Waals surface area contributed by atoms with Gasteiger partial charge in [-0.05, 0) is 25.5 Å². The molecule has 0 aromatic carbocycles. The lowest BCUT2D eigenvalue weighted by Crippen LogP contribution is -2.21. The van der Waals surface area contributed by atoms with E-state index in [9.17, 15) is 0 Å². The Morgan fingerprint density at radius 3 is 2.88 bits per heavy atom. The summed E-state index contributed by atoms with van der Waals surface area (Å²) in [5.41, 5.74) is 5.86. The van der Waals surface area contributed by atoms with E-state index in [1.807, 2.05) is 31.5 Å². The van der Waals surface area contributed by atoms with Crippen LogP contribution in [0, 0.1) is 6.92 Å². The second kappa shape index (κ2) is 5.19. The maximum Gasteiger partial charge on any atom is 0.128 e. The molecule has 4 heteroatoms. The molecule has 2 aromatic rings. The third kappa shape index (κ3) is 2.42. The fourth-order valence-corrected chi connectivity index (χ4v) is 2.04. The molecule has 1 unspecified atom stereocenters. The summed E-state index contributed by atoms with van der Waals surface area (Å²) < 4.78 is 7.78. The van der Waals surface area contributed by atoms with Gasteiger partial charge in [-0.25, -0.2) is 4.98 Å². The fourth-order valence-electron chi connectivity index (χ4n) is 2.04. The molecule has 0 saturated carbocycles. The number of rotatable bonds is 5. The van der Waals surface area contributed by atoms with E-state index in [1.165, 1.54) is 0 Å². The standard InChI is InChI=1S/C13H19N3O/c1-3-4-13-15-7-8-16(13)11(9-14)12-6-5-10(2)17-12/h5-8,11H,3-4,9,14H2,1-2H3. The van der Waals surface area contributed by atoms with Crippen LogP contribution in [0.2, 0.25) is 0 Å². The van der Waals surface area contributed by atoms with Crippen molar-refractivity contribution in [3.63, 3.8) is 0 Å². The first-order valence-corrected chi connectivity index (χ1v) is 6.04. The van der Waals surface area contributed by atoms with Gasteiger partial charge in [0.2, 0.25) is 0 Å². The number of furan rings is 1. The molecule has 0 radical (unpaired) electrons. The molecule has 0 amide bonds. The Morgan fingerprint density at radius 1 is 1.47 bits per heavy atom. The highest BCUT2D eigenvalue weighted by molar-refractivity contribution is 5.13. The highest BCUT2D eigenvalue weighted by Crippen LogP contribution is 2.21. The minimum Gasteiger partial charge on any atom is -0.464 e. The van der Waals surface area contributed by atoms with Crippen LogP contribution in [0.15, 0.2) is 28.9 Å². The van der Waals surface area contributed by atoms with Gasteiger partial charge in [-0.2, -0.15) is 0 Å². The second-order valence-electron chi connectivity index (χ2n) is 4.20.